The minimum absolute atomic E-state index is 0.0240. The zero-order chi connectivity index (χ0) is 23.5. The fourth-order valence-electron chi connectivity index (χ4n) is 3.07. The first-order chi connectivity index (χ1) is 15.2. The van der Waals surface area contributed by atoms with Crippen molar-refractivity contribution in [3.05, 3.63) is 70.1 Å². The van der Waals surface area contributed by atoms with E-state index in [1.165, 1.54) is 7.11 Å². The average Bonchev–Trinajstić information content (AvgIpc) is 3.16. The lowest BCUT2D eigenvalue weighted by Gasteiger charge is -2.12. The Bertz CT molecular complexity index is 1140. The molecule has 168 valence electrons. The lowest BCUT2D eigenvalue weighted by Crippen LogP contribution is -2.15. The number of esters is 1. The summed E-state index contributed by atoms with van der Waals surface area (Å²) in [6.45, 7) is 3.69. The van der Waals surface area contributed by atoms with Gasteiger partial charge in [-0.2, -0.15) is 13.2 Å². The van der Waals surface area contributed by atoms with E-state index >= 15 is 0 Å². The fourth-order valence-corrected chi connectivity index (χ4v) is 4.02. The average molecular weight is 463 g/mol. The third-order valence-corrected chi connectivity index (χ3v) is 5.51. The van der Waals surface area contributed by atoms with Gasteiger partial charge in [0.05, 0.1) is 19.3 Å². The van der Waals surface area contributed by atoms with Crippen LogP contribution >= 0.6 is 11.3 Å². The van der Waals surface area contributed by atoms with Gasteiger partial charge in [0.15, 0.2) is 0 Å². The van der Waals surface area contributed by atoms with Crippen LogP contribution in [0.4, 0.5) is 18.2 Å². The minimum Gasteiger partial charge on any atom is -0.496 e. The van der Waals surface area contributed by atoms with Crippen LogP contribution in [0.15, 0.2) is 47.8 Å². The van der Waals surface area contributed by atoms with Crippen LogP contribution in [-0.4, -0.2) is 25.6 Å². The van der Waals surface area contributed by atoms with Gasteiger partial charge < -0.3 is 14.8 Å². The summed E-state index contributed by atoms with van der Waals surface area (Å²) >= 11 is 1.11. The monoisotopic (exact) mass is 463 g/mol. The molecule has 0 aliphatic heterocycles. The molecule has 0 aliphatic carbocycles. The maximum absolute atomic E-state index is 12.8. The third-order valence-electron chi connectivity index (χ3n) is 4.62. The predicted molar refractivity (Wildman–Crippen MR) is 116 cm³/mol. The Morgan fingerprint density at radius 1 is 1.06 bits per heavy atom. The summed E-state index contributed by atoms with van der Waals surface area (Å²) in [5.74, 6) is -0.733. The summed E-state index contributed by atoms with van der Waals surface area (Å²) in [6, 6.07) is 9.33. The Balaban J connectivity index is 2.00. The van der Waals surface area contributed by atoms with Crippen molar-refractivity contribution in [2.24, 2.45) is 0 Å². The molecule has 1 heterocycles. The summed E-state index contributed by atoms with van der Waals surface area (Å²) in [4.78, 5) is 25.4. The standard InChI is InChI=1S/C23H20F3NO4S/c1-4-31-22(29)19-17(16-11-13(2)5-10-18(16)30-3)12-32-21(19)27-20(28)14-6-8-15(9-7-14)23(24,25)26/h5-12H,4H2,1-3H3,(H,27,28). The van der Waals surface area contributed by atoms with Crippen molar-refractivity contribution in [2.45, 2.75) is 20.0 Å². The van der Waals surface area contributed by atoms with Gasteiger partial charge in [0.2, 0.25) is 0 Å². The zero-order valence-electron chi connectivity index (χ0n) is 17.5. The number of methoxy groups -OCH3 is 1. The molecule has 0 atom stereocenters. The highest BCUT2D eigenvalue weighted by molar-refractivity contribution is 7.15. The zero-order valence-corrected chi connectivity index (χ0v) is 18.3. The summed E-state index contributed by atoms with van der Waals surface area (Å²) in [6.07, 6.45) is -4.50. The molecule has 3 rings (SSSR count). The third kappa shape index (κ3) is 4.94. The number of thiophene rings is 1. The lowest BCUT2D eigenvalue weighted by molar-refractivity contribution is -0.137. The van der Waals surface area contributed by atoms with Crippen LogP contribution in [-0.2, 0) is 10.9 Å². The van der Waals surface area contributed by atoms with Crippen LogP contribution in [0.25, 0.3) is 11.1 Å². The molecule has 0 radical (unpaired) electrons. The van der Waals surface area contributed by atoms with Crippen LogP contribution in [0.5, 0.6) is 5.75 Å². The van der Waals surface area contributed by atoms with E-state index in [1.54, 1.807) is 18.4 Å². The summed E-state index contributed by atoms with van der Waals surface area (Å²) in [5.41, 5.74) is 1.44. The number of anilines is 1. The van der Waals surface area contributed by atoms with Crippen molar-refractivity contribution in [3.63, 3.8) is 0 Å². The molecular weight excluding hydrogens is 443 g/mol. The van der Waals surface area contributed by atoms with Gasteiger partial charge in [0, 0.05) is 22.1 Å². The number of hydrogen-bond donors (Lipinski definition) is 1. The Morgan fingerprint density at radius 2 is 1.75 bits per heavy atom. The maximum atomic E-state index is 12.8. The summed E-state index contributed by atoms with van der Waals surface area (Å²) < 4.78 is 48.9. The molecule has 0 fully saturated rings. The fraction of sp³-hybridized carbons (Fsp3) is 0.217. The van der Waals surface area contributed by atoms with Gasteiger partial charge in [-0.3, -0.25) is 4.79 Å². The van der Waals surface area contributed by atoms with Crippen LogP contribution in [0.2, 0.25) is 0 Å². The quantitative estimate of drug-likeness (QED) is 0.444. The van der Waals surface area contributed by atoms with Gasteiger partial charge in [-0.15, -0.1) is 11.3 Å². The molecule has 3 aromatic rings. The second-order valence-corrected chi connectivity index (χ2v) is 7.69. The van der Waals surface area contributed by atoms with Crippen LogP contribution < -0.4 is 10.1 Å². The van der Waals surface area contributed by atoms with Gasteiger partial charge in [0.1, 0.15) is 16.3 Å². The van der Waals surface area contributed by atoms with Crippen molar-refractivity contribution in [3.8, 4) is 16.9 Å². The van der Waals surface area contributed by atoms with E-state index in [1.807, 2.05) is 19.1 Å². The molecule has 0 saturated carbocycles. The Morgan fingerprint density at radius 3 is 2.34 bits per heavy atom. The molecule has 9 heteroatoms. The number of rotatable bonds is 6. The minimum atomic E-state index is -4.50. The number of benzene rings is 2. The smallest absolute Gasteiger partial charge is 0.416 e. The van der Waals surface area contributed by atoms with E-state index < -0.39 is 23.6 Å². The van der Waals surface area contributed by atoms with Crippen molar-refractivity contribution in [1.82, 2.24) is 0 Å². The van der Waals surface area contributed by atoms with E-state index in [0.717, 1.165) is 41.2 Å². The van der Waals surface area contributed by atoms with Gasteiger partial charge in [-0.1, -0.05) is 11.6 Å². The molecule has 1 N–H and O–H groups in total. The number of hydrogen-bond acceptors (Lipinski definition) is 5. The van der Waals surface area contributed by atoms with E-state index in [9.17, 15) is 22.8 Å². The highest BCUT2D eigenvalue weighted by Gasteiger charge is 2.30. The predicted octanol–water partition coefficient (Wildman–Crippen LogP) is 6.18. The number of amides is 1. The molecule has 1 amide bonds. The Kier molecular flexibility index (Phi) is 6.88. The van der Waals surface area contributed by atoms with E-state index in [-0.39, 0.29) is 22.7 Å². The molecule has 0 bridgehead atoms. The number of nitrogens with one attached hydrogen (secondary N) is 1. The second-order valence-electron chi connectivity index (χ2n) is 6.81. The SMILES string of the molecule is CCOC(=O)c1c(-c2cc(C)ccc2OC)csc1NC(=O)c1ccc(C(F)(F)F)cc1. The summed E-state index contributed by atoms with van der Waals surface area (Å²) in [5, 5.41) is 4.55. The molecule has 32 heavy (non-hydrogen) atoms. The molecule has 0 unspecified atom stereocenters. The largest absolute Gasteiger partial charge is 0.496 e. The number of carbonyl (C=O) groups is 2. The molecular formula is C23H20F3NO4S. The highest BCUT2D eigenvalue weighted by atomic mass is 32.1. The highest BCUT2D eigenvalue weighted by Crippen LogP contribution is 2.41. The number of ether oxygens (including phenoxy) is 2. The molecule has 2 aromatic carbocycles. The Hall–Kier alpha value is -3.33. The van der Waals surface area contributed by atoms with Gasteiger partial charge in [0.25, 0.3) is 5.91 Å². The first-order valence-corrected chi connectivity index (χ1v) is 10.5. The topological polar surface area (TPSA) is 64.6 Å². The second kappa shape index (κ2) is 9.44. The first-order valence-electron chi connectivity index (χ1n) is 9.58. The first kappa shape index (κ1) is 23.3. The van der Waals surface area contributed by atoms with Crippen LogP contribution in [0.1, 0.15) is 38.8 Å². The molecule has 0 aliphatic rings. The molecule has 5 nitrogen and oxygen atoms in total. The van der Waals surface area contributed by atoms with Crippen molar-refractivity contribution in [1.29, 1.82) is 0 Å². The number of carbonyl (C=O) groups excluding carboxylic acids is 2. The van der Waals surface area contributed by atoms with Gasteiger partial charge in [-0.25, -0.2) is 4.79 Å². The van der Waals surface area contributed by atoms with Crippen molar-refractivity contribution >= 4 is 28.2 Å². The van der Waals surface area contributed by atoms with Gasteiger partial charge in [-0.05, 0) is 50.2 Å². The van der Waals surface area contributed by atoms with Gasteiger partial charge >= 0.3 is 12.1 Å². The summed E-state index contributed by atoms with van der Waals surface area (Å²) in [7, 11) is 1.51. The Labute approximate surface area is 186 Å². The van der Waals surface area contributed by atoms with Crippen molar-refractivity contribution < 1.29 is 32.2 Å². The van der Waals surface area contributed by atoms with E-state index in [0.29, 0.717) is 16.9 Å². The molecule has 1 aromatic heterocycles. The number of aryl methyl sites for hydroxylation is 1. The lowest BCUT2D eigenvalue weighted by atomic mass is 10.0. The number of alkyl halides is 3. The van der Waals surface area contributed by atoms with Crippen LogP contribution in [0, 0.1) is 6.92 Å². The maximum Gasteiger partial charge on any atom is 0.416 e. The molecule has 0 spiro atoms. The normalized spacial score (nSPS) is 11.2. The van der Waals surface area contributed by atoms with E-state index in [2.05, 4.69) is 5.32 Å². The number of halogens is 3. The van der Waals surface area contributed by atoms with Crippen molar-refractivity contribution in [2.75, 3.05) is 19.0 Å². The molecule has 0 saturated heterocycles. The van der Waals surface area contributed by atoms with Crippen LogP contribution in [0.3, 0.4) is 0 Å². The van der Waals surface area contributed by atoms with E-state index in [4.69, 9.17) is 9.47 Å².